The van der Waals surface area contributed by atoms with E-state index in [1.54, 1.807) is 6.92 Å². The summed E-state index contributed by atoms with van der Waals surface area (Å²) in [5.74, 6) is 0.585. The summed E-state index contributed by atoms with van der Waals surface area (Å²) in [6, 6.07) is 12.2. The summed E-state index contributed by atoms with van der Waals surface area (Å²) in [5.41, 5.74) is 3.75. The standard InChI is InChI=1S/C17H19NO3/c1-2-20-17(19)21-16-11-14-9-6-10-15(14)18(16)12-13-7-4-3-5-8-13/h3-5,7-8,11H,2,6,9-10,12H2,1H3. The van der Waals surface area contributed by atoms with Crippen molar-refractivity contribution in [3.8, 4) is 5.88 Å². The van der Waals surface area contributed by atoms with Crippen LogP contribution in [0.3, 0.4) is 0 Å². The van der Waals surface area contributed by atoms with Gasteiger partial charge >= 0.3 is 6.16 Å². The van der Waals surface area contributed by atoms with Gasteiger partial charge in [-0.15, -0.1) is 0 Å². The number of hydrogen-bond acceptors (Lipinski definition) is 3. The van der Waals surface area contributed by atoms with Gasteiger partial charge in [0.05, 0.1) is 13.2 Å². The highest BCUT2D eigenvalue weighted by molar-refractivity contribution is 5.63. The molecule has 1 heterocycles. The third-order valence-corrected chi connectivity index (χ3v) is 3.75. The molecule has 0 bridgehead atoms. The molecule has 0 amide bonds. The maximum absolute atomic E-state index is 11.6. The van der Waals surface area contributed by atoms with E-state index in [1.807, 2.05) is 24.3 Å². The smallest absolute Gasteiger partial charge is 0.434 e. The Bertz CT molecular complexity index is 631. The van der Waals surface area contributed by atoms with Gasteiger partial charge in [0.15, 0.2) is 0 Å². The van der Waals surface area contributed by atoms with Crippen LogP contribution in [0.5, 0.6) is 5.88 Å². The van der Waals surface area contributed by atoms with Crippen molar-refractivity contribution in [1.82, 2.24) is 4.57 Å². The molecule has 21 heavy (non-hydrogen) atoms. The van der Waals surface area contributed by atoms with Gasteiger partial charge in [0, 0.05) is 11.8 Å². The number of aromatic nitrogens is 1. The minimum atomic E-state index is -0.636. The van der Waals surface area contributed by atoms with Crippen molar-refractivity contribution in [2.45, 2.75) is 32.7 Å². The number of carbonyl (C=O) groups excluding carboxylic acids is 1. The monoisotopic (exact) mass is 285 g/mol. The van der Waals surface area contributed by atoms with Crippen LogP contribution in [-0.4, -0.2) is 17.3 Å². The molecule has 4 nitrogen and oxygen atoms in total. The van der Waals surface area contributed by atoms with Crippen LogP contribution < -0.4 is 4.74 Å². The fourth-order valence-electron chi connectivity index (χ4n) is 2.83. The lowest BCUT2D eigenvalue weighted by Gasteiger charge is -2.12. The molecule has 1 aliphatic carbocycles. The van der Waals surface area contributed by atoms with Gasteiger partial charge in [-0.2, -0.15) is 0 Å². The van der Waals surface area contributed by atoms with Gasteiger partial charge in [-0.3, -0.25) is 0 Å². The molecule has 0 saturated heterocycles. The molecule has 1 aromatic carbocycles. The summed E-state index contributed by atoms with van der Waals surface area (Å²) in [6.45, 7) is 2.80. The molecule has 0 saturated carbocycles. The molecule has 0 aliphatic heterocycles. The highest BCUT2D eigenvalue weighted by atomic mass is 16.7. The van der Waals surface area contributed by atoms with Crippen LogP contribution >= 0.6 is 0 Å². The van der Waals surface area contributed by atoms with Crippen molar-refractivity contribution in [3.63, 3.8) is 0 Å². The van der Waals surface area contributed by atoms with Crippen LogP contribution in [0.15, 0.2) is 36.4 Å². The quantitative estimate of drug-likeness (QED) is 0.806. The van der Waals surface area contributed by atoms with Crippen LogP contribution in [0.4, 0.5) is 4.79 Å². The first-order chi connectivity index (χ1) is 10.3. The predicted molar refractivity (Wildman–Crippen MR) is 79.7 cm³/mol. The molecule has 1 aromatic heterocycles. The van der Waals surface area contributed by atoms with Gasteiger partial charge in [0.1, 0.15) is 0 Å². The van der Waals surface area contributed by atoms with Crippen LogP contribution in [0.1, 0.15) is 30.2 Å². The molecule has 0 unspecified atom stereocenters. The van der Waals surface area contributed by atoms with Gasteiger partial charge < -0.3 is 14.0 Å². The molecular formula is C17H19NO3. The van der Waals surface area contributed by atoms with Gasteiger partial charge in [-0.1, -0.05) is 30.3 Å². The van der Waals surface area contributed by atoms with E-state index in [1.165, 1.54) is 23.2 Å². The van der Waals surface area contributed by atoms with Crippen LogP contribution in [-0.2, 0) is 24.1 Å². The van der Waals surface area contributed by atoms with E-state index in [0.717, 1.165) is 12.8 Å². The van der Waals surface area contributed by atoms with E-state index in [4.69, 9.17) is 9.47 Å². The molecular weight excluding hydrogens is 266 g/mol. The Balaban J connectivity index is 1.88. The molecule has 0 N–H and O–H groups in total. The number of nitrogens with zero attached hydrogens (tertiary/aromatic N) is 1. The molecule has 0 spiro atoms. The fourth-order valence-corrected chi connectivity index (χ4v) is 2.83. The summed E-state index contributed by atoms with van der Waals surface area (Å²) in [7, 11) is 0. The third-order valence-electron chi connectivity index (χ3n) is 3.75. The Kier molecular flexibility index (Phi) is 3.95. The number of benzene rings is 1. The van der Waals surface area contributed by atoms with Crippen LogP contribution in [0, 0.1) is 0 Å². The zero-order valence-electron chi connectivity index (χ0n) is 12.2. The van der Waals surface area contributed by atoms with E-state index in [0.29, 0.717) is 19.0 Å². The number of aryl methyl sites for hydroxylation is 1. The van der Waals surface area contributed by atoms with Crippen molar-refractivity contribution >= 4 is 6.16 Å². The Hall–Kier alpha value is -2.23. The summed E-state index contributed by atoms with van der Waals surface area (Å²) in [6.07, 6.45) is 2.62. The lowest BCUT2D eigenvalue weighted by Crippen LogP contribution is -2.14. The van der Waals surface area contributed by atoms with Crippen molar-refractivity contribution < 1.29 is 14.3 Å². The normalized spacial score (nSPS) is 13.0. The number of hydrogen-bond donors (Lipinski definition) is 0. The molecule has 0 radical (unpaired) electrons. The number of rotatable bonds is 4. The maximum atomic E-state index is 11.6. The Morgan fingerprint density at radius 1 is 1.24 bits per heavy atom. The third kappa shape index (κ3) is 2.94. The minimum Gasteiger partial charge on any atom is -0.434 e. The van der Waals surface area contributed by atoms with E-state index in [2.05, 4.69) is 16.7 Å². The summed E-state index contributed by atoms with van der Waals surface area (Å²) < 4.78 is 12.3. The van der Waals surface area contributed by atoms with Gasteiger partial charge in [-0.25, -0.2) is 4.79 Å². The number of carbonyl (C=O) groups is 1. The second kappa shape index (κ2) is 6.04. The first kappa shape index (κ1) is 13.7. The van der Waals surface area contributed by atoms with E-state index in [-0.39, 0.29) is 0 Å². The molecule has 0 fully saturated rings. The highest BCUT2D eigenvalue weighted by Gasteiger charge is 2.22. The second-order valence-electron chi connectivity index (χ2n) is 5.16. The largest absolute Gasteiger partial charge is 0.515 e. The topological polar surface area (TPSA) is 40.5 Å². The van der Waals surface area contributed by atoms with Crippen molar-refractivity contribution in [1.29, 1.82) is 0 Å². The zero-order chi connectivity index (χ0) is 14.7. The fraction of sp³-hybridized carbons (Fsp3) is 0.353. The Morgan fingerprint density at radius 2 is 2.05 bits per heavy atom. The lowest BCUT2D eigenvalue weighted by molar-refractivity contribution is 0.101. The van der Waals surface area contributed by atoms with Crippen molar-refractivity contribution in [2.75, 3.05) is 6.61 Å². The Morgan fingerprint density at radius 3 is 2.81 bits per heavy atom. The maximum Gasteiger partial charge on any atom is 0.515 e. The molecule has 4 heteroatoms. The Labute approximate surface area is 124 Å². The summed E-state index contributed by atoms with van der Waals surface area (Å²) in [4.78, 5) is 11.6. The average Bonchev–Trinajstić information content (AvgIpc) is 3.04. The first-order valence-corrected chi connectivity index (χ1v) is 7.37. The van der Waals surface area contributed by atoms with Crippen LogP contribution in [0.2, 0.25) is 0 Å². The van der Waals surface area contributed by atoms with Gasteiger partial charge in [0.2, 0.25) is 5.88 Å². The van der Waals surface area contributed by atoms with Crippen molar-refractivity contribution in [3.05, 3.63) is 53.2 Å². The first-order valence-electron chi connectivity index (χ1n) is 7.37. The van der Waals surface area contributed by atoms with E-state index >= 15 is 0 Å². The summed E-state index contributed by atoms with van der Waals surface area (Å²) >= 11 is 0. The lowest BCUT2D eigenvalue weighted by atomic mass is 10.2. The second-order valence-corrected chi connectivity index (χ2v) is 5.16. The molecule has 0 atom stereocenters. The predicted octanol–water partition coefficient (Wildman–Crippen LogP) is 3.56. The summed E-state index contributed by atoms with van der Waals surface area (Å²) in [5, 5.41) is 0. The molecule has 2 aromatic rings. The number of ether oxygens (including phenoxy) is 2. The number of fused-ring (bicyclic) bond motifs is 1. The van der Waals surface area contributed by atoms with E-state index < -0.39 is 6.16 Å². The molecule has 1 aliphatic rings. The van der Waals surface area contributed by atoms with Gasteiger partial charge in [0.25, 0.3) is 0 Å². The molecule has 3 rings (SSSR count). The minimum absolute atomic E-state index is 0.317. The zero-order valence-corrected chi connectivity index (χ0v) is 12.2. The van der Waals surface area contributed by atoms with E-state index in [9.17, 15) is 4.79 Å². The molecule has 110 valence electrons. The SMILES string of the molecule is CCOC(=O)Oc1cc2c(n1Cc1ccccc1)CCC2. The average molecular weight is 285 g/mol. The van der Waals surface area contributed by atoms with Crippen LogP contribution in [0.25, 0.3) is 0 Å². The highest BCUT2D eigenvalue weighted by Crippen LogP contribution is 2.31. The van der Waals surface area contributed by atoms with Gasteiger partial charge in [-0.05, 0) is 37.3 Å². The van der Waals surface area contributed by atoms with Crippen molar-refractivity contribution in [2.24, 2.45) is 0 Å².